The number of benzene rings is 2. The number of imidazole rings is 1. The number of carbonyl (C=O) groups is 2. The smallest absolute Gasteiger partial charge is 0.295 e. The van der Waals surface area contributed by atoms with Gasteiger partial charge in [-0.15, -0.1) is 0 Å². The van der Waals surface area contributed by atoms with E-state index in [1.807, 2.05) is 42.0 Å². The molecule has 7 nitrogen and oxygen atoms in total. The summed E-state index contributed by atoms with van der Waals surface area (Å²) in [4.78, 5) is 31.7. The van der Waals surface area contributed by atoms with E-state index < -0.39 is 17.7 Å². The average Bonchev–Trinajstić information content (AvgIpc) is 3.43. The summed E-state index contributed by atoms with van der Waals surface area (Å²) >= 11 is 9.73. The number of aryl methyl sites for hydroxylation is 1. The summed E-state index contributed by atoms with van der Waals surface area (Å²) in [6.45, 7) is 3.27. The van der Waals surface area contributed by atoms with E-state index in [0.29, 0.717) is 42.5 Å². The molecule has 176 valence electrons. The van der Waals surface area contributed by atoms with Crippen molar-refractivity contribution in [2.45, 2.75) is 25.9 Å². The summed E-state index contributed by atoms with van der Waals surface area (Å²) in [6, 6.07) is 11.4. The number of nitrogens with zero attached hydrogens (tertiary/aromatic N) is 3. The number of aliphatic hydroxyl groups is 1. The fourth-order valence-electron chi connectivity index (χ4n) is 4.02. The van der Waals surface area contributed by atoms with E-state index in [0.717, 1.165) is 10.0 Å². The monoisotopic (exact) mass is 543 g/mol. The highest BCUT2D eigenvalue weighted by atomic mass is 79.9. The molecule has 9 heteroatoms. The van der Waals surface area contributed by atoms with E-state index in [9.17, 15) is 14.7 Å². The highest BCUT2D eigenvalue weighted by Crippen LogP contribution is 2.40. The number of ether oxygens (including phenoxy) is 1. The van der Waals surface area contributed by atoms with Crippen molar-refractivity contribution in [1.82, 2.24) is 14.5 Å². The van der Waals surface area contributed by atoms with Crippen LogP contribution >= 0.6 is 27.5 Å². The molecule has 0 spiro atoms. The molecular weight excluding hydrogens is 522 g/mol. The Bertz CT molecular complexity index is 1230. The fraction of sp³-hybridized carbons (Fsp3) is 0.240. The van der Waals surface area contributed by atoms with E-state index in [2.05, 4.69) is 20.9 Å². The highest BCUT2D eigenvalue weighted by molar-refractivity contribution is 9.10. The molecule has 34 heavy (non-hydrogen) atoms. The lowest BCUT2D eigenvalue weighted by Gasteiger charge is -2.25. The Labute approximate surface area is 210 Å². The van der Waals surface area contributed by atoms with Crippen LogP contribution in [0.4, 0.5) is 0 Å². The van der Waals surface area contributed by atoms with E-state index in [1.54, 1.807) is 24.7 Å². The molecule has 0 radical (unpaired) electrons. The molecule has 0 aliphatic carbocycles. The number of likely N-dealkylation sites (tertiary alicyclic amines) is 1. The number of aromatic nitrogens is 2. The molecule has 0 bridgehead atoms. The van der Waals surface area contributed by atoms with Gasteiger partial charge in [-0.1, -0.05) is 39.7 Å². The molecule has 1 fully saturated rings. The summed E-state index contributed by atoms with van der Waals surface area (Å²) in [5.74, 6) is -1.16. The fourth-order valence-corrected chi connectivity index (χ4v) is 4.52. The number of halogens is 2. The minimum atomic E-state index is -0.724. The Kier molecular flexibility index (Phi) is 7.38. The lowest BCUT2D eigenvalue weighted by Crippen LogP contribution is -2.31. The Balaban J connectivity index is 1.73. The SMILES string of the molecule is CCOc1ccc(/C(O)=C2\C(=O)C(=O)N(CCCn3ccnc3)C2c2ccc(Br)cc2)cc1Cl. The van der Waals surface area contributed by atoms with Crippen molar-refractivity contribution in [3.8, 4) is 5.75 Å². The Morgan fingerprint density at radius 2 is 1.94 bits per heavy atom. The maximum atomic E-state index is 13.1. The standard InChI is InChI=1S/C25H23BrClN3O4/c1-2-34-20-9-6-17(14-19(20)27)23(31)21-22(16-4-7-18(26)8-5-16)30(25(33)24(21)32)12-3-11-29-13-10-28-15-29/h4-10,13-15,22,31H,2-3,11-12H2,1H3/b23-21+. The van der Waals surface area contributed by atoms with Gasteiger partial charge in [0.1, 0.15) is 11.5 Å². The minimum absolute atomic E-state index is 0.0372. The molecule has 2 heterocycles. The summed E-state index contributed by atoms with van der Waals surface area (Å²) in [6.07, 6.45) is 5.85. The predicted molar refractivity (Wildman–Crippen MR) is 133 cm³/mol. The van der Waals surface area contributed by atoms with Gasteiger partial charge in [0, 0.05) is 35.5 Å². The predicted octanol–water partition coefficient (Wildman–Crippen LogP) is 5.21. The van der Waals surface area contributed by atoms with Crippen LogP contribution in [0.5, 0.6) is 5.75 Å². The van der Waals surface area contributed by atoms with Gasteiger partial charge in [0.15, 0.2) is 0 Å². The van der Waals surface area contributed by atoms with Gasteiger partial charge in [-0.25, -0.2) is 4.98 Å². The molecule has 0 saturated carbocycles. The lowest BCUT2D eigenvalue weighted by molar-refractivity contribution is -0.139. The van der Waals surface area contributed by atoms with Gasteiger partial charge in [0.2, 0.25) is 0 Å². The maximum absolute atomic E-state index is 13.1. The van der Waals surface area contributed by atoms with E-state index >= 15 is 0 Å². The zero-order chi connectivity index (χ0) is 24.2. The van der Waals surface area contributed by atoms with Crippen molar-refractivity contribution in [1.29, 1.82) is 0 Å². The van der Waals surface area contributed by atoms with Crippen molar-refractivity contribution in [2.75, 3.05) is 13.2 Å². The van der Waals surface area contributed by atoms with Crippen molar-refractivity contribution >= 4 is 45.0 Å². The first-order valence-corrected chi connectivity index (χ1v) is 12.0. The van der Waals surface area contributed by atoms with Crippen LogP contribution in [0.25, 0.3) is 5.76 Å². The summed E-state index contributed by atoms with van der Waals surface area (Å²) < 4.78 is 8.24. The maximum Gasteiger partial charge on any atom is 0.295 e. The number of ketones is 1. The van der Waals surface area contributed by atoms with Gasteiger partial charge in [-0.3, -0.25) is 9.59 Å². The Morgan fingerprint density at radius 1 is 1.18 bits per heavy atom. The van der Waals surface area contributed by atoms with Crippen molar-refractivity contribution in [3.63, 3.8) is 0 Å². The highest BCUT2D eigenvalue weighted by Gasteiger charge is 2.45. The lowest BCUT2D eigenvalue weighted by atomic mass is 9.95. The van der Waals surface area contributed by atoms with E-state index in [4.69, 9.17) is 16.3 Å². The number of rotatable bonds is 8. The van der Waals surface area contributed by atoms with Gasteiger partial charge in [0.25, 0.3) is 11.7 Å². The van der Waals surface area contributed by atoms with Gasteiger partial charge in [-0.2, -0.15) is 0 Å². The quantitative estimate of drug-likeness (QED) is 0.239. The van der Waals surface area contributed by atoms with Crippen molar-refractivity contribution in [3.05, 3.63) is 87.4 Å². The Morgan fingerprint density at radius 3 is 2.59 bits per heavy atom. The molecule has 2 aromatic carbocycles. The van der Waals surface area contributed by atoms with Gasteiger partial charge in [0.05, 0.1) is 29.6 Å². The Hall–Kier alpha value is -3.10. The molecule has 3 aromatic rings. The number of hydrogen-bond acceptors (Lipinski definition) is 5. The number of aliphatic hydroxyl groups excluding tert-OH is 1. The second kappa shape index (κ2) is 10.4. The largest absolute Gasteiger partial charge is 0.507 e. The number of carbonyl (C=O) groups excluding carboxylic acids is 2. The molecule has 1 N–H and O–H groups in total. The molecule has 1 aliphatic heterocycles. The van der Waals surface area contributed by atoms with E-state index in [1.165, 1.54) is 11.0 Å². The average molecular weight is 545 g/mol. The van der Waals surface area contributed by atoms with Gasteiger partial charge < -0.3 is 19.3 Å². The van der Waals surface area contributed by atoms with E-state index in [-0.39, 0.29) is 11.3 Å². The third-order valence-electron chi connectivity index (χ3n) is 5.61. The third-order valence-corrected chi connectivity index (χ3v) is 6.43. The number of hydrogen-bond donors (Lipinski definition) is 1. The van der Waals surface area contributed by atoms with Gasteiger partial charge >= 0.3 is 0 Å². The first kappa shape index (κ1) is 24.0. The zero-order valence-electron chi connectivity index (χ0n) is 18.4. The summed E-state index contributed by atoms with van der Waals surface area (Å²) in [7, 11) is 0. The number of Topliss-reactive ketones (excluding diaryl/α,β-unsaturated/α-hetero) is 1. The molecule has 4 rings (SSSR count). The third kappa shape index (κ3) is 4.88. The molecule has 1 amide bonds. The molecule has 1 atom stereocenters. The van der Waals surface area contributed by atoms with Crippen LogP contribution in [0.3, 0.4) is 0 Å². The summed E-state index contributed by atoms with van der Waals surface area (Å²) in [5.41, 5.74) is 1.10. The van der Waals surface area contributed by atoms with Crippen LogP contribution < -0.4 is 4.74 Å². The van der Waals surface area contributed by atoms with Crippen molar-refractivity contribution in [2.24, 2.45) is 0 Å². The summed E-state index contributed by atoms with van der Waals surface area (Å²) in [5, 5.41) is 11.5. The first-order valence-electron chi connectivity index (χ1n) is 10.8. The van der Waals surface area contributed by atoms with Crippen LogP contribution in [0.2, 0.25) is 5.02 Å². The van der Waals surface area contributed by atoms with Crippen LogP contribution in [-0.2, 0) is 16.1 Å². The molecule has 1 aromatic heterocycles. The molecule has 1 saturated heterocycles. The van der Waals surface area contributed by atoms with Gasteiger partial charge in [-0.05, 0) is 49.2 Å². The molecular formula is C25H23BrClN3O4. The second-order valence-electron chi connectivity index (χ2n) is 7.78. The normalized spacial score (nSPS) is 17.4. The molecule has 1 unspecified atom stereocenters. The second-order valence-corrected chi connectivity index (χ2v) is 9.10. The van der Waals surface area contributed by atoms with Crippen LogP contribution in [0, 0.1) is 0 Å². The van der Waals surface area contributed by atoms with Crippen LogP contribution in [-0.4, -0.2) is 44.4 Å². The molecule has 1 aliphatic rings. The van der Waals surface area contributed by atoms with Crippen LogP contribution in [0.1, 0.15) is 30.5 Å². The zero-order valence-corrected chi connectivity index (χ0v) is 20.8. The van der Waals surface area contributed by atoms with Crippen molar-refractivity contribution < 1.29 is 19.4 Å². The number of amides is 1. The topological polar surface area (TPSA) is 84.7 Å². The van der Waals surface area contributed by atoms with Crippen LogP contribution in [0.15, 0.2) is 71.2 Å². The minimum Gasteiger partial charge on any atom is -0.507 e. The first-order chi connectivity index (χ1) is 16.4.